The molecule has 146 valence electrons. The van der Waals surface area contributed by atoms with Gasteiger partial charge in [0, 0.05) is 46.2 Å². The quantitative estimate of drug-likeness (QED) is 0.589. The van der Waals surface area contributed by atoms with Crippen LogP contribution in [0.2, 0.25) is 0 Å². The normalized spacial score (nSPS) is 13.3. The van der Waals surface area contributed by atoms with Crippen LogP contribution in [-0.2, 0) is 26.8 Å². The lowest BCUT2D eigenvalue weighted by Gasteiger charge is -2.19. The molecule has 0 bridgehead atoms. The Morgan fingerprint density at radius 3 is 2.70 bits per heavy atom. The second-order valence-corrected chi connectivity index (χ2v) is 7.73. The monoisotopic (exact) mass is 394 g/mol. The zero-order valence-electron chi connectivity index (χ0n) is 14.9. The number of carboxylic acids is 1. The number of hydrogen-bond donors (Lipinski definition) is 2. The summed E-state index contributed by atoms with van der Waals surface area (Å²) < 4.78 is 16.3. The van der Waals surface area contributed by atoms with Crippen molar-refractivity contribution in [2.45, 2.75) is 32.2 Å². The van der Waals surface area contributed by atoms with E-state index in [-0.39, 0.29) is 36.3 Å². The van der Waals surface area contributed by atoms with Crippen LogP contribution in [0, 0.1) is 6.92 Å². The molecule has 9 heteroatoms. The first-order chi connectivity index (χ1) is 12.7. The van der Waals surface area contributed by atoms with Gasteiger partial charge in [0.05, 0.1) is 12.0 Å². The van der Waals surface area contributed by atoms with Gasteiger partial charge < -0.3 is 24.7 Å². The Bertz CT molecular complexity index is 951. The van der Waals surface area contributed by atoms with Crippen LogP contribution in [-0.4, -0.2) is 39.2 Å². The summed E-state index contributed by atoms with van der Waals surface area (Å²) in [7, 11) is -1.19. The van der Waals surface area contributed by atoms with Crippen LogP contribution in [0.3, 0.4) is 0 Å². The number of rotatable bonds is 8. The molecule has 0 aliphatic rings. The van der Waals surface area contributed by atoms with Gasteiger partial charge in [-0.2, -0.15) is 0 Å². The first-order valence-corrected chi connectivity index (χ1v) is 9.97. The zero-order valence-corrected chi connectivity index (χ0v) is 15.8. The molecule has 1 heterocycles. The molecule has 2 rings (SSSR count). The average molecular weight is 394 g/mol. The van der Waals surface area contributed by atoms with Crippen LogP contribution in [0.1, 0.15) is 24.0 Å². The molecule has 2 aromatic rings. The number of hydrogen-bond acceptors (Lipinski definition) is 7. The van der Waals surface area contributed by atoms with Crippen molar-refractivity contribution in [3.05, 3.63) is 39.7 Å². The summed E-state index contributed by atoms with van der Waals surface area (Å²) in [6, 6.07) is 3.18. The van der Waals surface area contributed by atoms with Gasteiger partial charge in [-0.1, -0.05) is 0 Å². The zero-order chi connectivity index (χ0) is 20.1. The Balaban J connectivity index is 2.10. The number of phenolic OH excluding ortho intramolecular Hbond substituents is 1. The Morgan fingerprint density at radius 2 is 2.07 bits per heavy atom. The molecule has 0 saturated heterocycles. The number of carboxylic acid groups (broad SMARTS) is 1. The molecule has 0 unspecified atom stereocenters. The maximum atomic E-state index is 12.2. The SMILES string of the molecule is Cc1c(CCC(=O)N[C@@H](CC[S@](C)=O)C(=O)[O-])c(=O)oc2cc(O)ccc12. The first kappa shape index (κ1) is 20.6. The molecule has 2 atom stereocenters. The number of benzene rings is 1. The molecule has 0 radical (unpaired) electrons. The van der Waals surface area contributed by atoms with Gasteiger partial charge >= 0.3 is 5.63 Å². The Kier molecular flexibility index (Phi) is 6.73. The summed E-state index contributed by atoms with van der Waals surface area (Å²) in [4.78, 5) is 35.3. The highest BCUT2D eigenvalue weighted by Gasteiger charge is 2.17. The van der Waals surface area contributed by atoms with E-state index in [4.69, 9.17) is 4.42 Å². The lowest BCUT2D eigenvalue weighted by atomic mass is 10.0. The van der Waals surface area contributed by atoms with Crippen LogP contribution in [0.5, 0.6) is 5.75 Å². The van der Waals surface area contributed by atoms with Gasteiger partial charge in [0.15, 0.2) is 0 Å². The largest absolute Gasteiger partial charge is 0.548 e. The lowest BCUT2D eigenvalue weighted by Crippen LogP contribution is -2.48. The molecule has 2 N–H and O–H groups in total. The average Bonchev–Trinajstić information content (AvgIpc) is 2.57. The van der Waals surface area contributed by atoms with Gasteiger partial charge in [-0.15, -0.1) is 0 Å². The van der Waals surface area contributed by atoms with E-state index in [1.54, 1.807) is 13.0 Å². The fraction of sp³-hybridized carbons (Fsp3) is 0.389. The Morgan fingerprint density at radius 1 is 1.37 bits per heavy atom. The van der Waals surface area contributed by atoms with Crippen molar-refractivity contribution in [1.82, 2.24) is 5.32 Å². The van der Waals surface area contributed by atoms with Crippen molar-refractivity contribution in [1.29, 1.82) is 0 Å². The second-order valence-electron chi connectivity index (χ2n) is 6.18. The highest BCUT2D eigenvalue weighted by molar-refractivity contribution is 7.84. The highest BCUT2D eigenvalue weighted by atomic mass is 32.2. The minimum atomic E-state index is -1.45. The smallest absolute Gasteiger partial charge is 0.339 e. The van der Waals surface area contributed by atoms with Crippen LogP contribution >= 0.6 is 0 Å². The third kappa shape index (κ3) is 5.40. The maximum Gasteiger partial charge on any atom is 0.339 e. The number of aryl methyl sites for hydroxylation is 1. The standard InChI is InChI=1S/C18H21NO7S/c1-10-12-4-3-11(20)9-15(12)26-18(24)13(10)5-6-16(21)19-14(17(22)23)7-8-27(2)25/h3-4,9,14,20H,5-8H2,1-2H3,(H,19,21)(H,22,23)/p-1/t14-,27-/m0/s1. The van der Waals surface area contributed by atoms with Crippen LogP contribution < -0.4 is 16.0 Å². The summed E-state index contributed by atoms with van der Waals surface area (Å²) in [6.45, 7) is 1.71. The molecule has 27 heavy (non-hydrogen) atoms. The van der Waals surface area contributed by atoms with Crippen LogP contribution in [0.4, 0.5) is 0 Å². The predicted molar refractivity (Wildman–Crippen MR) is 97.7 cm³/mol. The number of aliphatic carboxylic acids is 1. The van der Waals surface area contributed by atoms with Gasteiger partial charge in [0.25, 0.3) is 0 Å². The maximum absolute atomic E-state index is 12.2. The van der Waals surface area contributed by atoms with Gasteiger partial charge in [0.1, 0.15) is 11.3 Å². The van der Waals surface area contributed by atoms with Crippen molar-refractivity contribution in [2.75, 3.05) is 12.0 Å². The highest BCUT2D eigenvalue weighted by Crippen LogP contribution is 2.23. The summed E-state index contributed by atoms with van der Waals surface area (Å²) in [6.07, 6.45) is 1.39. The third-order valence-corrected chi connectivity index (χ3v) is 5.00. The van der Waals surface area contributed by atoms with Crippen LogP contribution in [0.15, 0.2) is 27.4 Å². The van der Waals surface area contributed by atoms with E-state index in [0.717, 1.165) is 0 Å². The fourth-order valence-corrected chi connectivity index (χ4v) is 3.28. The fourth-order valence-electron chi connectivity index (χ4n) is 2.71. The second kappa shape index (κ2) is 8.81. The molecule has 0 spiro atoms. The summed E-state index contributed by atoms with van der Waals surface area (Å²) in [5.74, 6) is -1.91. The number of phenols is 1. The molecule has 1 aromatic carbocycles. The van der Waals surface area contributed by atoms with E-state index in [9.17, 15) is 28.8 Å². The van der Waals surface area contributed by atoms with Gasteiger partial charge in [0.2, 0.25) is 5.91 Å². The van der Waals surface area contributed by atoms with E-state index < -0.39 is 34.3 Å². The topological polar surface area (TPSA) is 137 Å². The predicted octanol–water partition coefficient (Wildman–Crippen LogP) is -0.257. The molecule has 0 aliphatic heterocycles. The van der Waals surface area contributed by atoms with Crippen molar-refractivity contribution >= 4 is 33.6 Å². The number of nitrogens with one attached hydrogen (secondary N) is 1. The number of amides is 1. The number of fused-ring (bicyclic) bond motifs is 1. The summed E-state index contributed by atoms with van der Waals surface area (Å²) in [5, 5.41) is 23.5. The molecule has 8 nitrogen and oxygen atoms in total. The van der Waals surface area contributed by atoms with Crippen molar-refractivity contribution in [3.8, 4) is 5.75 Å². The van der Waals surface area contributed by atoms with Crippen molar-refractivity contribution in [3.63, 3.8) is 0 Å². The number of aromatic hydroxyl groups is 1. The van der Waals surface area contributed by atoms with E-state index in [1.807, 2.05) is 0 Å². The molecular weight excluding hydrogens is 374 g/mol. The summed E-state index contributed by atoms with van der Waals surface area (Å²) >= 11 is 0. The lowest BCUT2D eigenvalue weighted by molar-refractivity contribution is -0.308. The minimum Gasteiger partial charge on any atom is -0.548 e. The minimum absolute atomic E-state index is 0.00216. The molecule has 1 amide bonds. The van der Waals surface area contributed by atoms with Gasteiger partial charge in [-0.3, -0.25) is 9.00 Å². The molecular formula is C18H20NO7S-. The molecule has 1 aromatic heterocycles. The van der Waals surface area contributed by atoms with Crippen molar-refractivity contribution < 1.29 is 28.4 Å². The van der Waals surface area contributed by atoms with Gasteiger partial charge in [-0.25, -0.2) is 4.79 Å². The molecule has 0 saturated carbocycles. The first-order valence-electron chi connectivity index (χ1n) is 8.24. The Hall–Kier alpha value is -2.68. The molecule has 0 fully saturated rings. The number of carbonyl (C=O) groups excluding carboxylic acids is 2. The van der Waals surface area contributed by atoms with E-state index >= 15 is 0 Å². The van der Waals surface area contributed by atoms with E-state index in [2.05, 4.69) is 5.32 Å². The van der Waals surface area contributed by atoms with E-state index in [0.29, 0.717) is 16.5 Å². The third-order valence-electron chi connectivity index (χ3n) is 4.19. The van der Waals surface area contributed by atoms with E-state index in [1.165, 1.54) is 18.4 Å². The van der Waals surface area contributed by atoms with Gasteiger partial charge in [-0.05, 0) is 37.5 Å². The summed E-state index contributed by atoms with van der Waals surface area (Å²) in [5.41, 5.74) is 0.571. The molecule has 0 aliphatic carbocycles. The number of carbonyl (C=O) groups is 2. The van der Waals surface area contributed by atoms with Crippen molar-refractivity contribution in [2.24, 2.45) is 0 Å². The Labute approximate surface area is 157 Å². The van der Waals surface area contributed by atoms with Crippen LogP contribution in [0.25, 0.3) is 11.0 Å².